The number of aromatic nitrogens is 4. The molecular weight excluding hydrogens is 632 g/mol. The third-order valence-corrected chi connectivity index (χ3v) is 7.81. The zero-order valence-electron chi connectivity index (χ0n) is 26.9. The minimum Gasteiger partial charge on any atom is -0.492 e. The summed E-state index contributed by atoms with van der Waals surface area (Å²) in [6.45, 7) is 8.10. The van der Waals surface area contributed by atoms with Crippen molar-refractivity contribution in [3.63, 3.8) is 0 Å². The van der Waals surface area contributed by atoms with Crippen molar-refractivity contribution >= 4 is 35.2 Å². The fourth-order valence-corrected chi connectivity index (χ4v) is 5.22. The van der Waals surface area contributed by atoms with Crippen LogP contribution in [-0.2, 0) is 22.6 Å². The first-order valence-electron chi connectivity index (χ1n) is 15.5. The molecule has 2 aliphatic rings. The summed E-state index contributed by atoms with van der Waals surface area (Å²) in [5.41, 5.74) is 0.990. The van der Waals surface area contributed by atoms with Gasteiger partial charge in [0, 0.05) is 50.8 Å². The van der Waals surface area contributed by atoms with Crippen molar-refractivity contribution in [2.24, 2.45) is 5.92 Å². The molecule has 0 saturated carbocycles. The first kappa shape index (κ1) is 35.4. The Balaban J connectivity index is 1.58. The first-order chi connectivity index (χ1) is 22.4. The van der Waals surface area contributed by atoms with Crippen LogP contribution in [0.2, 0.25) is 5.02 Å². The quantitative estimate of drug-likeness (QED) is 0.295. The van der Waals surface area contributed by atoms with Crippen molar-refractivity contribution in [2.75, 3.05) is 26.2 Å². The van der Waals surface area contributed by atoms with Gasteiger partial charge in [-0.15, -0.1) is 5.10 Å². The predicted octanol–water partition coefficient (Wildman–Crippen LogP) is 1.52. The minimum absolute atomic E-state index is 0.0157. The van der Waals surface area contributed by atoms with Crippen LogP contribution in [-0.4, -0.2) is 98.0 Å². The van der Waals surface area contributed by atoms with Crippen LogP contribution in [0.15, 0.2) is 35.2 Å². The highest BCUT2D eigenvalue weighted by Crippen LogP contribution is 2.26. The molecule has 4 amide bonds. The molecule has 16 heteroatoms. The third kappa shape index (κ3) is 9.75. The van der Waals surface area contributed by atoms with E-state index in [0.717, 1.165) is 0 Å². The van der Waals surface area contributed by atoms with Gasteiger partial charge in [-0.1, -0.05) is 30.7 Å². The average molecular weight is 673 g/mol. The number of amides is 4. The third-order valence-electron chi connectivity index (χ3n) is 7.51. The van der Waals surface area contributed by atoms with Crippen LogP contribution in [0, 0.1) is 12.8 Å². The standard InChI is InChI=1S/C31H41ClN8O7/c1-18(2)14-24-29(43)33-9-12-39(31(45)27-20(4)47-17-34-27)11-8-22-16-40(38-37-22)10-5-13-46-25-7-6-21(15-23(25)32)28(42)36-26(19(3)41)30(44)35-24/h6-7,15-19,24,26,41H,5,8-14H2,1-4H3,(H,33,43)(H,35,44)(H,36,42)/t19-,24-,26+/m1/s1. The number of benzene rings is 1. The maximum Gasteiger partial charge on any atom is 0.276 e. The Morgan fingerprint density at radius 1 is 1.13 bits per heavy atom. The second-order valence-electron chi connectivity index (χ2n) is 11.8. The largest absolute Gasteiger partial charge is 0.492 e. The van der Waals surface area contributed by atoms with Gasteiger partial charge in [0.2, 0.25) is 11.8 Å². The molecule has 0 saturated heterocycles. The lowest BCUT2D eigenvalue weighted by Crippen LogP contribution is -2.57. The monoisotopic (exact) mass is 672 g/mol. The molecule has 0 radical (unpaired) electrons. The summed E-state index contributed by atoms with van der Waals surface area (Å²) in [6, 6.07) is 2.13. The molecule has 2 aromatic heterocycles. The van der Waals surface area contributed by atoms with E-state index in [4.69, 9.17) is 20.8 Å². The van der Waals surface area contributed by atoms with E-state index in [1.165, 1.54) is 25.5 Å². The average Bonchev–Trinajstić information content (AvgIpc) is 3.67. The molecule has 3 aromatic rings. The molecule has 2 aliphatic heterocycles. The second-order valence-corrected chi connectivity index (χ2v) is 12.2. The van der Waals surface area contributed by atoms with Crippen LogP contribution in [0.5, 0.6) is 5.75 Å². The molecule has 4 N–H and O–H groups in total. The van der Waals surface area contributed by atoms with Crippen LogP contribution >= 0.6 is 11.6 Å². The molecule has 4 heterocycles. The summed E-state index contributed by atoms with van der Waals surface area (Å²) >= 11 is 6.39. The number of rotatable bonds is 4. The van der Waals surface area contributed by atoms with Gasteiger partial charge in [-0.3, -0.25) is 23.9 Å². The van der Waals surface area contributed by atoms with Crippen molar-refractivity contribution < 1.29 is 33.4 Å². The van der Waals surface area contributed by atoms with Crippen molar-refractivity contribution in [1.29, 1.82) is 0 Å². The van der Waals surface area contributed by atoms with Crippen LogP contribution in [0.4, 0.5) is 0 Å². The Hall–Kier alpha value is -4.50. The van der Waals surface area contributed by atoms with Crippen LogP contribution in [0.1, 0.15) is 65.9 Å². The summed E-state index contributed by atoms with van der Waals surface area (Å²) in [7, 11) is 0. The van der Waals surface area contributed by atoms with Crippen LogP contribution in [0.3, 0.4) is 0 Å². The van der Waals surface area contributed by atoms with E-state index in [1.807, 2.05) is 13.8 Å². The Kier molecular flexibility index (Phi) is 12.3. The topological polar surface area (TPSA) is 194 Å². The SMILES string of the molecule is Cc1ocnc1C(=O)N1CCNC(=O)[C@@H](CC(C)C)NC(=O)[C@H]([C@@H](C)O)NC(=O)c2ccc(c(Cl)c2)OCCCn2cc(nn2)CC1. The summed E-state index contributed by atoms with van der Waals surface area (Å²) in [4.78, 5) is 58.7. The van der Waals surface area contributed by atoms with Crippen molar-refractivity contribution in [1.82, 2.24) is 40.8 Å². The number of carbonyl (C=O) groups is 4. The molecule has 0 spiro atoms. The van der Waals surface area contributed by atoms with Gasteiger partial charge in [-0.2, -0.15) is 0 Å². The highest BCUT2D eigenvalue weighted by atomic mass is 35.5. The lowest BCUT2D eigenvalue weighted by Gasteiger charge is -2.26. The number of hydrogen-bond donors (Lipinski definition) is 4. The van der Waals surface area contributed by atoms with Gasteiger partial charge in [0.1, 0.15) is 23.6 Å². The highest BCUT2D eigenvalue weighted by molar-refractivity contribution is 6.32. The Labute approximate surface area is 277 Å². The van der Waals surface area contributed by atoms with E-state index in [2.05, 4.69) is 31.2 Å². The molecule has 254 valence electrons. The Morgan fingerprint density at radius 3 is 2.60 bits per heavy atom. The van der Waals surface area contributed by atoms with E-state index in [1.54, 1.807) is 28.8 Å². The number of fused-ring (bicyclic) bond motifs is 17. The van der Waals surface area contributed by atoms with Gasteiger partial charge in [-0.05, 0) is 44.4 Å². The van der Waals surface area contributed by atoms with Crippen molar-refractivity contribution in [2.45, 2.75) is 71.7 Å². The highest BCUT2D eigenvalue weighted by Gasteiger charge is 2.31. The fraction of sp³-hybridized carbons (Fsp3) is 0.516. The number of nitrogens with zero attached hydrogens (tertiary/aromatic N) is 5. The number of halogens is 1. The van der Waals surface area contributed by atoms with E-state index >= 15 is 0 Å². The summed E-state index contributed by atoms with van der Waals surface area (Å²) in [5, 5.41) is 27.0. The zero-order valence-corrected chi connectivity index (χ0v) is 27.6. The number of hydrogen-bond acceptors (Lipinski definition) is 10. The second kappa shape index (κ2) is 16.4. The number of ether oxygens (including phenoxy) is 1. The molecule has 0 aliphatic carbocycles. The summed E-state index contributed by atoms with van der Waals surface area (Å²) < 4.78 is 12.7. The van der Waals surface area contributed by atoms with Crippen molar-refractivity contribution in [3.05, 3.63) is 58.5 Å². The van der Waals surface area contributed by atoms with E-state index < -0.39 is 35.9 Å². The van der Waals surface area contributed by atoms with Gasteiger partial charge in [-0.25, -0.2) is 4.98 Å². The normalized spacial score (nSPS) is 19.7. The number of oxazole rings is 1. The molecule has 0 fully saturated rings. The van der Waals surface area contributed by atoms with E-state index in [0.29, 0.717) is 43.2 Å². The summed E-state index contributed by atoms with van der Waals surface area (Å²) in [6.07, 6.45) is 2.98. The minimum atomic E-state index is -1.36. The van der Waals surface area contributed by atoms with Gasteiger partial charge in [0.25, 0.3) is 11.8 Å². The number of aliphatic hydroxyl groups excluding tert-OH is 1. The molecule has 15 nitrogen and oxygen atoms in total. The lowest BCUT2D eigenvalue weighted by atomic mass is 10.0. The zero-order chi connectivity index (χ0) is 34.1. The number of aryl methyl sites for hydroxylation is 2. The van der Waals surface area contributed by atoms with Crippen LogP contribution in [0.25, 0.3) is 0 Å². The maximum atomic E-state index is 13.4. The lowest BCUT2D eigenvalue weighted by molar-refractivity contribution is -0.131. The van der Waals surface area contributed by atoms with E-state index in [-0.39, 0.29) is 54.2 Å². The van der Waals surface area contributed by atoms with Crippen LogP contribution < -0.4 is 20.7 Å². The van der Waals surface area contributed by atoms with Gasteiger partial charge in [0.15, 0.2) is 12.1 Å². The first-order valence-corrected chi connectivity index (χ1v) is 15.9. The number of aliphatic hydroxyl groups is 1. The molecule has 1 aromatic carbocycles. The molecule has 0 unspecified atom stereocenters. The Morgan fingerprint density at radius 2 is 1.91 bits per heavy atom. The smallest absolute Gasteiger partial charge is 0.276 e. The molecule has 47 heavy (non-hydrogen) atoms. The number of carbonyl (C=O) groups excluding carboxylic acids is 4. The Bertz CT molecular complexity index is 1560. The molecular formula is C31H41ClN8O7. The van der Waals surface area contributed by atoms with Gasteiger partial charge in [0.05, 0.1) is 23.4 Å². The summed E-state index contributed by atoms with van der Waals surface area (Å²) in [5.74, 6) is -1.47. The molecule has 4 bridgehead atoms. The molecule has 5 rings (SSSR count). The van der Waals surface area contributed by atoms with E-state index in [9.17, 15) is 24.3 Å². The van der Waals surface area contributed by atoms with Gasteiger partial charge < -0.3 is 35.1 Å². The maximum absolute atomic E-state index is 13.4. The fourth-order valence-electron chi connectivity index (χ4n) is 4.99. The van der Waals surface area contributed by atoms with Gasteiger partial charge >= 0.3 is 0 Å². The van der Waals surface area contributed by atoms with Crippen molar-refractivity contribution in [3.8, 4) is 5.75 Å². The predicted molar refractivity (Wildman–Crippen MR) is 170 cm³/mol. The number of nitrogens with one attached hydrogen (secondary N) is 3. The molecule has 3 atom stereocenters.